The van der Waals surface area contributed by atoms with Crippen LogP contribution in [0.15, 0.2) is 55.9 Å². The fourth-order valence-electron chi connectivity index (χ4n) is 1.70. The number of nitrogens with one attached hydrogen (secondary N) is 1. The van der Waals surface area contributed by atoms with Gasteiger partial charge in [0, 0.05) is 19.5 Å². The van der Waals surface area contributed by atoms with Crippen molar-refractivity contribution >= 4 is 53.5 Å². The second-order valence-electron chi connectivity index (χ2n) is 4.05. The molecule has 2 aromatic rings. The Labute approximate surface area is 132 Å². The van der Waals surface area contributed by atoms with E-state index in [9.17, 15) is 0 Å². The van der Waals surface area contributed by atoms with Gasteiger partial charge in [-0.2, -0.15) is 0 Å². The van der Waals surface area contributed by atoms with Crippen molar-refractivity contribution in [3.05, 3.63) is 61.4 Å². The lowest BCUT2D eigenvalue weighted by Gasteiger charge is -2.17. The monoisotopic (exact) mass is 431 g/mol. The summed E-state index contributed by atoms with van der Waals surface area (Å²) in [5, 5.41) is 3.50. The summed E-state index contributed by atoms with van der Waals surface area (Å²) < 4.78 is 3.23. The topological polar surface area (TPSA) is 12.0 Å². The molecule has 0 aliphatic carbocycles. The van der Waals surface area contributed by atoms with Crippen LogP contribution in [-0.4, -0.2) is 0 Å². The van der Waals surface area contributed by atoms with Crippen molar-refractivity contribution in [1.29, 1.82) is 0 Å². The van der Waals surface area contributed by atoms with Crippen LogP contribution in [0.5, 0.6) is 0 Å². The highest BCUT2D eigenvalue weighted by molar-refractivity contribution is 9.11. The highest BCUT2D eigenvalue weighted by atomic mass is 79.9. The van der Waals surface area contributed by atoms with Crippen molar-refractivity contribution in [2.24, 2.45) is 0 Å². The first-order valence-electron chi connectivity index (χ1n) is 5.53. The maximum Gasteiger partial charge on any atom is 0.0500 e. The van der Waals surface area contributed by atoms with Crippen LogP contribution < -0.4 is 5.32 Å². The van der Waals surface area contributed by atoms with E-state index in [0.29, 0.717) is 0 Å². The van der Waals surface area contributed by atoms with E-state index in [1.54, 1.807) is 0 Å². The van der Waals surface area contributed by atoms with E-state index < -0.39 is 0 Å². The van der Waals surface area contributed by atoms with Gasteiger partial charge in [0.15, 0.2) is 0 Å². The summed E-state index contributed by atoms with van der Waals surface area (Å²) in [6, 6.07) is 14.7. The van der Waals surface area contributed by atoms with Crippen molar-refractivity contribution in [2.45, 2.75) is 13.0 Å². The molecule has 0 spiro atoms. The third-order valence-electron chi connectivity index (χ3n) is 2.65. The van der Waals surface area contributed by atoms with Crippen LogP contribution in [0.25, 0.3) is 0 Å². The van der Waals surface area contributed by atoms with Crippen LogP contribution in [0, 0.1) is 0 Å². The number of hydrogen-bond donors (Lipinski definition) is 1. The first kappa shape index (κ1) is 14.1. The molecule has 0 aromatic heterocycles. The number of benzene rings is 2. The Kier molecular flexibility index (Phi) is 4.87. The molecule has 0 amide bonds. The first-order chi connectivity index (χ1) is 8.56. The molecule has 0 fully saturated rings. The van der Waals surface area contributed by atoms with Gasteiger partial charge in [-0.1, -0.05) is 44.0 Å². The Morgan fingerprint density at radius 1 is 0.944 bits per heavy atom. The Morgan fingerprint density at radius 2 is 1.67 bits per heavy atom. The molecule has 94 valence electrons. The SMILES string of the molecule is CC(Nc1cc(Br)ccc1Br)c1cccc(Br)c1. The summed E-state index contributed by atoms with van der Waals surface area (Å²) in [5.74, 6) is 0. The zero-order valence-corrected chi connectivity index (χ0v) is 14.5. The van der Waals surface area contributed by atoms with Crippen molar-refractivity contribution in [2.75, 3.05) is 5.32 Å². The van der Waals surface area contributed by atoms with Gasteiger partial charge in [-0.05, 0) is 58.7 Å². The van der Waals surface area contributed by atoms with Gasteiger partial charge >= 0.3 is 0 Å². The molecule has 1 unspecified atom stereocenters. The van der Waals surface area contributed by atoms with Gasteiger partial charge in [0.1, 0.15) is 0 Å². The van der Waals surface area contributed by atoms with Crippen LogP contribution in [0.1, 0.15) is 18.5 Å². The van der Waals surface area contributed by atoms with E-state index in [-0.39, 0.29) is 6.04 Å². The maximum atomic E-state index is 3.55. The molecule has 0 saturated carbocycles. The molecule has 2 rings (SSSR count). The molecule has 2 aromatic carbocycles. The molecule has 0 bridgehead atoms. The van der Waals surface area contributed by atoms with Crippen LogP contribution >= 0.6 is 47.8 Å². The Morgan fingerprint density at radius 3 is 2.39 bits per heavy atom. The Balaban J connectivity index is 2.21. The van der Waals surface area contributed by atoms with Crippen molar-refractivity contribution < 1.29 is 0 Å². The standard InChI is InChI=1S/C14H12Br3N/c1-9(10-3-2-4-11(15)7-10)18-14-8-12(16)5-6-13(14)17/h2-9,18H,1H3. The third kappa shape index (κ3) is 3.59. The summed E-state index contributed by atoms with van der Waals surface area (Å²) in [5.41, 5.74) is 2.33. The average Bonchev–Trinajstić information content (AvgIpc) is 2.34. The van der Waals surface area contributed by atoms with Crippen molar-refractivity contribution in [3.63, 3.8) is 0 Å². The van der Waals surface area contributed by atoms with Crippen LogP contribution in [0.3, 0.4) is 0 Å². The predicted molar refractivity (Wildman–Crippen MR) is 88.0 cm³/mol. The quantitative estimate of drug-likeness (QED) is 0.612. The van der Waals surface area contributed by atoms with E-state index in [1.165, 1.54) is 5.56 Å². The average molecular weight is 434 g/mol. The first-order valence-corrected chi connectivity index (χ1v) is 7.91. The van der Waals surface area contributed by atoms with Gasteiger partial charge in [-0.15, -0.1) is 0 Å². The number of anilines is 1. The number of halogens is 3. The molecule has 1 nitrogen and oxygen atoms in total. The lowest BCUT2D eigenvalue weighted by atomic mass is 10.1. The van der Waals surface area contributed by atoms with E-state index in [0.717, 1.165) is 19.1 Å². The lowest BCUT2D eigenvalue weighted by Crippen LogP contribution is -2.07. The van der Waals surface area contributed by atoms with Crippen LogP contribution in [0.4, 0.5) is 5.69 Å². The Bertz CT molecular complexity index is 554. The molecule has 0 saturated heterocycles. The summed E-state index contributed by atoms with van der Waals surface area (Å²) in [4.78, 5) is 0. The predicted octanol–water partition coefficient (Wildman–Crippen LogP) is 6.15. The molecule has 1 N–H and O–H groups in total. The molecule has 0 radical (unpaired) electrons. The van der Waals surface area contributed by atoms with Crippen LogP contribution in [-0.2, 0) is 0 Å². The molecule has 4 heteroatoms. The highest BCUT2D eigenvalue weighted by Gasteiger charge is 2.08. The molecule has 0 heterocycles. The van der Waals surface area contributed by atoms with Gasteiger partial charge < -0.3 is 5.32 Å². The zero-order chi connectivity index (χ0) is 13.1. The molecule has 18 heavy (non-hydrogen) atoms. The molecule has 1 atom stereocenters. The fourth-order valence-corrected chi connectivity index (χ4v) is 2.84. The number of hydrogen-bond acceptors (Lipinski definition) is 1. The highest BCUT2D eigenvalue weighted by Crippen LogP contribution is 2.30. The van der Waals surface area contributed by atoms with E-state index in [1.807, 2.05) is 24.3 Å². The summed E-state index contributed by atoms with van der Waals surface area (Å²) >= 11 is 10.5. The fraction of sp³-hybridized carbons (Fsp3) is 0.143. The Hall–Kier alpha value is -0.320. The molecular formula is C14H12Br3N. The van der Waals surface area contributed by atoms with Crippen LogP contribution in [0.2, 0.25) is 0 Å². The van der Waals surface area contributed by atoms with Crippen molar-refractivity contribution in [3.8, 4) is 0 Å². The lowest BCUT2D eigenvalue weighted by molar-refractivity contribution is 0.882. The zero-order valence-electron chi connectivity index (χ0n) is 9.75. The maximum absolute atomic E-state index is 3.55. The van der Waals surface area contributed by atoms with Crippen molar-refractivity contribution in [1.82, 2.24) is 0 Å². The number of rotatable bonds is 3. The van der Waals surface area contributed by atoms with E-state index in [4.69, 9.17) is 0 Å². The van der Waals surface area contributed by atoms with Gasteiger partial charge in [0.2, 0.25) is 0 Å². The van der Waals surface area contributed by atoms with Gasteiger partial charge in [-0.3, -0.25) is 0 Å². The summed E-state index contributed by atoms with van der Waals surface area (Å²) in [6.07, 6.45) is 0. The summed E-state index contributed by atoms with van der Waals surface area (Å²) in [6.45, 7) is 2.15. The minimum Gasteiger partial charge on any atom is -0.378 e. The van der Waals surface area contributed by atoms with Gasteiger partial charge in [0.25, 0.3) is 0 Å². The second-order valence-corrected chi connectivity index (χ2v) is 6.73. The normalized spacial score (nSPS) is 12.2. The summed E-state index contributed by atoms with van der Waals surface area (Å²) in [7, 11) is 0. The molecule has 0 aliphatic rings. The third-order valence-corrected chi connectivity index (χ3v) is 4.33. The smallest absolute Gasteiger partial charge is 0.0500 e. The molecule has 0 aliphatic heterocycles. The minimum absolute atomic E-state index is 0.244. The molecular weight excluding hydrogens is 422 g/mol. The second kappa shape index (κ2) is 6.22. The van der Waals surface area contributed by atoms with Gasteiger partial charge in [0.05, 0.1) is 5.69 Å². The largest absolute Gasteiger partial charge is 0.378 e. The van der Waals surface area contributed by atoms with Gasteiger partial charge in [-0.25, -0.2) is 0 Å². The van der Waals surface area contributed by atoms with E-state index >= 15 is 0 Å². The minimum atomic E-state index is 0.244. The van der Waals surface area contributed by atoms with E-state index in [2.05, 4.69) is 78.2 Å².